The third-order valence-electron chi connectivity index (χ3n) is 1.62. The summed E-state index contributed by atoms with van der Waals surface area (Å²) in [6, 6.07) is 2.26. The molecule has 2 rings (SSSR count). The number of allylic oxidation sites excluding steroid dienone is 2. The van der Waals surface area contributed by atoms with Gasteiger partial charge in [0, 0.05) is 17.2 Å². The Bertz CT molecular complexity index is 317. The Labute approximate surface area is 63.3 Å². The second-order valence-electron chi connectivity index (χ2n) is 2.22. The van der Waals surface area contributed by atoms with Crippen molar-refractivity contribution in [3.8, 4) is 6.07 Å². The minimum absolute atomic E-state index is 0.169. The van der Waals surface area contributed by atoms with E-state index in [0.29, 0.717) is 5.03 Å². The number of nitriles is 1. The largest absolute Gasteiger partial charge is 0.333 e. The van der Waals surface area contributed by atoms with Crippen molar-refractivity contribution in [1.29, 1.82) is 5.26 Å². The van der Waals surface area contributed by atoms with Crippen molar-refractivity contribution in [2.24, 2.45) is 0 Å². The Morgan fingerprint density at radius 2 is 2.50 bits per heavy atom. The van der Waals surface area contributed by atoms with Crippen LogP contribution in [0, 0.1) is 11.3 Å². The molecule has 3 heteroatoms. The van der Waals surface area contributed by atoms with Crippen LogP contribution in [0.1, 0.15) is 0 Å². The Morgan fingerprint density at radius 1 is 1.70 bits per heavy atom. The molecule has 0 saturated carbocycles. The zero-order valence-electron chi connectivity index (χ0n) is 5.08. The first kappa shape index (κ1) is 5.70. The number of fused-ring (bicyclic) bond motifs is 1. The van der Waals surface area contributed by atoms with E-state index in [4.69, 9.17) is 16.9 Å². The molecule has 1 atom stereocenters. The van der Waals surface area contributed by atoms with Crippen LogP contribution in [0.2, 0.25) is 0 Å². The van der Waals surface area contributed by atoms with Crippen LogP contribution in [0.4, 0.5) is 0 Å². The van der Waals surface area contributed by atoms with Crippen molar-refractivity contribution in [3.63, 3.8) is 0 Å². The molecule has 0 aromatic carbocycles. The van der Waals surface area contributed by atoms with Gasteiger partial charge in [0.25, 0.3) is 6.04 Å². The van der Waals surface area contributed by atoms with Gasteiger partial charge in [-0.2, -0.15) is 9.84 Å². The molecule has 0 spiro atoms. The van der Waals surface area contributed by atoms with Crippen LogP contribution in [-0.2, 0) is 0 Å². The Balaban J connectivity index is 2.34. The molecule has 2 aliphatic rings. The van der Waals surface area contributed by atoms with E-state index >= 15 is 0 Å². The summed E-state index contributed by atoms with van der Waals surface area (Å²) >= 11 is 5.69. The summed E-state index contributed by atoms with van der Waals surface area (Å²) in [5.74, 6) is 0. The molecular weight excluding hydrogens is 148 g/mol. The molecule has 2 heterocycles. The minimum atomic E-state index is 0.169. The van der Waals surface area contributed by atoms with E-state index in [1.165, 1.54) is 0 Å². The number of hydrogen-bond donors (Lipinski definition) is 0. The average Bonchev–Trinajstić information content (AvgIpc) is 2.60. The molecule has 2 aliphatic heterocycles. The topological polar surface area (TPSA) is 26.8 Å². The van der Waals surface area contributed by atoms with Crippen LogP contribution in [0.3, 0.4) is 0 Å². The minimum Gasteiger partial charge on any atom is -0.186 e. The summed E-state index contributed by atoms with van der Waals surface area (Å²) in [5, 5.41) is 9.20. The van der Waals surface area contributed by atoms with Gasteiger partial charge in [0.2, 0.25) is 0 Å². The van der Waals surface area contributed by atoms with E-state index in [2.05, 4.69) is 6.07 Å². The van der Waals surface area contributed by atoms with Gasteiger partial charge in [-0.15, -0.1) is 0 Å². The maximum absolute atomic E-state index is 8.49. The summed E-state index contributed by atoms with van der Waals surface area (Å²) in [7, 11) is 0. The number of hydrogen-bond acceptors (Lipinski definition) is 1. The average molecular weight is 152 g/mol. The SMILES string of the molecule is N#CC1=[N+]2C=CC(Cl)=CC12. The summed E-state index contributed by atoms with van der Waals surface area (Å²) in [6.45, 7) is 0. The van der Waals surface area contributed by atoms with E-state index in [9.17, 15) is 0 Å². The van der Waals surface area contributed by atoms with Gasteiger partial charge in [-0.1, -0.05) is 11.6 Å². The van der Waals surface area contributed by atoms with Crippen molar-refractivity contribution in [2.75, 3.05) is 0 Å². The molecular formula is C7H4ClN2+. The lowest BCUT2D eigenvalue weighted by Gasteiger charge is -1.87. The molecule has 48 valence electrons. The zero-order chi connectivity index (χ0) is 7.14. The monoisotopic (exact) mass is 151 g/mol. The molecule has 2 nitrogen and oxygen atoms in total. The molecule has 0 fully saturated rings. The van der Waals surface area contributed by atoms with Gasteiger partial charge in [-0.25, -0.2) is 0 Å². The third kappa shape index (κ3) is 0.614. The highest BCUT2D eigenvalue weighted by Gasteiger charge is 2.48. The van der Waals surface area contributed by atoms with E-state index in [-0.39, 0.29) is 6.04 Å². The lowest BCUT2D eigenvalue weighted by molar-refractivity contribution is -0.384. The van der Waals surface area contributed by atoms with Crippen LogP contribution in [0.25, 0.3) is 0 Å². The lowest BCUT2D eigenvalue weighted by atomic mass is 10.3. The summed E-state index contributed by atoms with van der Waals surface area (Å²) in [6.07, 6.45) is 5.47. The quantitative estimate of drug-likeness (QED) is 0.475. The van der Waals surface area contributed by atoms with Crippen LogP contribution < -0.4 is 0 Å². The zero-order valence-corrected chi connectivity index (χ0v) is 5.84. The van der Waals surface area contributed by atoms with Gasteiger partial charge < -0.3 is 0 Å². The second-order valence-corrected chi connectivity index (χ2v) is 2.65. The van der Waals surface area contributed by atoms with E-state index in [1.807, 2.05) is 16.9 Å². The molecule has 0 aromatic rings. The fourth-order valence-electron chi connectivity index (χ4n) is 1.04. The molecule has 0 amide bonds. The fourth-order valence-corrected chi connectivity index (χ4v) is 1.22. The molecule has 1 unspecified atom stereocenters. The van der Waals surface area contributed by atoms with E-state index in [1.54, 1.807) is 6.08 Å². The molecule has 0 aliphatic carbocycles. The molecule has 0 bridgehead atoms. The highest BCUT2D eigenvalue weighted by Crippen LogP contribution is 2.22. The van der Waals surface area contributed by atoms with E-state index < -0.39 is 0 Å². The van der Waals surface area contributed by atoms with Crippen LogP contribution in [0.5, 0.6) is 0 Å². The van der Waals surface area contributed by atoms with Crippen LogP contribution >= 0.6 is 11.6 Å². The van der Waals surface area contributed by atoms with Crippen LogP contribution in [-0.4, -0.2) is 16.3 Å². The van der Waals surface area contributed by atoms with Crippen molar-refractivity contribution < 1.29 is 4.58 Å². The normalized spacial score (nSPS) is 27.2. The van der Waals surface area contributed by atoms with Gasteiger partial charge in [-0.3, -0.25) is 0 Å². The maximum Gasteiger partial charge on any atom is 0.333 e. The Kier molecular flexibility index (Phi) is 0.973. The Hall–Kier alpha value is -1.07. The van der Waals surface area contributed by atoms with Gasteiger partial charge >= 0.3 is 5.71 Å². The van der Waals surface area contributed by atoms with E-state index in [0.717, 1.165) is 5.71 Å². The third-order valence-corrected chi connectivity index (χ3v) is 1.87. The Morgan fingerprint density at radius 3 is 3.10 bits per heavy atom. The van der Waals surface area contributed by atoms with Crippen molar-refractivity contribution in [3.05, 3.63) is 23.4 Å². The van der Waals surface area contributed by atoms with Crippen molar-refractivity contribution >= 4 is 17.3 Å². The second kappa shape index (κ2) is 1.71. The summed E-state index contributed by atoms with van der Waals surface area (Å²) in [5.41, 5.74) is 0.784. The predicted molar refractivity (Wildman–Crippen MR) is 37.7 cm³/mol. The standard InChI is InChI=1S/C7H4ClN2/c8-5-1-2-10-6(3-5)7(10)4-9/h1-3,6H/q+1. The highest BCUT2D eigenvalue weighted by molar-refractivity contribution is 6.31. The molecule has 0 aromatic heterocycles. The maximum atomic E-state index is 8.49. The summed E-state index contributed by atoms with van der Waals surface area (Å²) < 4.78 is 1.88. The molecule has 0 N–H and O–H groups in total. The van der Waals surface area contributed by atoms with Crippen molar-refractivity contribution in [2.45, 2.75) is 6.04 Å². The van der Waals surface area contributed by atoms with Crippen molar-refractivity contribution in [1.82, 2.24) is 0 Å². The number of rotatable bonds is 0. The molecule has 0 radical (unpaired) electrons. The van der Waals surface area contributed by atoms with Gasteiger partial charge in [0.15, 0.2) is 12.3 Å². The first-order chi connectivity index (χ1) is 4.83. The first-order valence-corrected chi connectivity index (χ1v) is 3.31. The number of nitrogens with zero attached hydrogens (tertiary/aromatic N) is 2. The fraction of sp³-hybridized carbons (Fsp3) is 0.143. The highest BCUT2D eigenvalue weighted by atomic mass is 35.5. The van der Waals surface area contributed by atoms with Gasteiger partial charge in [0.1, 0.15) is 0 Å². The predicted octanol–water partition coefficient (Wildman–Crippen LogP) is 0.996. The van der Waals surface area contributed by atoms with Crippen LogP contribution in [0.15, 0.2) is 23.4 Å². The molecule has 10 heavy (non-hydrogen) atoms. The lowest BCUT2D eigenvalue weighted by Crippen LogP contribution is -1.97. The van der Waals surface area contributed by atoms with Gasteiger partial charge in [0.05, 0.1) is 0 Å². The smallest absolute Gasteiger partial charge is 0.186 e. The number of halogens is 1. The summed E-state index contributed by atoms with van der Waals surface area (Å²) in [4.78, 5) is 0. The van der Waals surface area contributed by atoms with Gasteiger partial charge in [-0.05, 0) is 0 Å². The molecule has 0 saturated heterocycles. The first-order valence-electron chi connectivity index (χ1n) is 2.94.